The Hall–Kier alpha value is -3.06. The van der Waals surface area contributed by atoms with Crippen molar-refractivity contribution in [1.29, 1.82) is 0 Å². The minimum Gasteiger partial charge on any atom is -0.454 e. The van der Waals surface area contributed by atoms with Crippen molar-refractivity contribution in [1.82, 2.24) is 5.32 Å². The molecule has 2 atom stereocenters. The molecule has 3 amide bonds. The van der Waals surface area contributed by atoms with E-state index in [2.05, 4.69) is 10.3 Å². The number of hydrogen-bond acceptors (Lipinski definition) is 4. The summed E-state index contributed by atoms with van der Waals surface area (Å²) >= 11 is 5.98. The van der Waals surface area contributed by atoms with Crippen LogP contribution in [-0.2, 0) is 4.79 Å². The van der Waals surface area contributed by atoms with Gasteiger partial charge in [-0.3, -0.25) is 9.69 Å². The number of anilines is 1. The molecule has 0 spiro atoms. The van der Waals surface area contributed by atoms with Crippen LogP contribution in [0.25, 0.3) is 0 Å². The number of piperidine rings is 1. The molecular formula is C19H14ClN3O4. The summed E-state index contributed by atoms with van der Waals surface area (Å²) in [5.41, 5.74) is 1.57. The smallest absolute Gasteiger partial charge is 0.350 e. The minimum absolute atomic E-state index is 0.168. The molecule has 7 nitrogen and oxygen atoms in total. The predicted molar refractivity (Wildman–Crippen MR) is 98.6 cm³/mol. The lowest BCUT2D eigenvalue weighted by molar-refractivity contribution is -0.120. The van der Waals surface area contributed by atoms with Crippen molar-refractivity contribution in [2.24, 2.45) is 4.99 Å². The maximum Gasteiger partial charge on any atom is 0.350 e. The third-order valence-corrected chi connectivity index (χ3v) is 5.22. The Labute approximate surface area is 159 Å². The van der Waals surface area contributed by atoms with E-state index >= 15 is 0 Å². The number of carbonyl (C=O) groups is 2. The number of benzene rings is 2. The van der Waals surface area contributed by atoms with Gasteiger partial charge in [-0.15, -0.1) is 0 Å². The molecule has 0 unspecified atom stereocenters. The van der Waals surface area contributed by atoms with Gasteiger partial charge < -0.3 is 14.8 Å². The lowest BCUT2D eigenvalue weighted by Crippen LogP contribution is -2.53. The summed E-state index contributed by atoms with van der Waals surface area (Å²) in [5.74, 6) is 1.26. The fourth-order valence-corrected chi connectivity index (χ4v) is 3.88. The van der Waals surface area contributed by atoms with Crippen molar-refractivity contribution >= 4 is 35.1 Å². The van der Waals surface area contributed by atoms with Gasteiger partial charge in [0.25, 0.3) is 0 Å². The number of carbonyl (C=O) groups excluding carboxylic acids is 2. The van der Waals surface area contributed by atoms with Crippen molar-refractivity contribution in [2.75, 3.05) is 11.7 Å². The van der Waals surface area contributed by atoms with E-state index in [4.69, 9.17) is 21.1 Å². The number of rotatable bonds is 2. The standard InChI is InChI=1S/C19H14ClN3O4/c20-11-2-4-12(5-3-11)23-17-13(8-16(24)21-18(17)22-19(23)25)10-1-6-14-15(7-10)27-9-26-14/h1-7,13,17H,8-9H2,(H,21,22,24,25)/t13-,17-/m0/s1. The van der Waals surface area contributed by atoms with E-state index in [9.17, 15) is 9.59 Å². The summed E-state index contributed by atoms with van der Waals surface area (Å²) in [4.78, 5) is 30.5. The average Bonchev–Trinajstić information content (AvgIpc) is 3.24. The summed E-state index contributed by atoms with van der Waals surface area (Å²) in [5, 5.41) is 3.32. The fourth-order valence-electron chi connectivity index (χ4n) is 3.76. The molecule has 3 heterocycles. The van der Waals surface area contributed by atoms with Gasteiger partial charge >= 0.3 is 6.03 Å². The summed E-state index contributed by atoms with van der Waals surface area (Å²) in [6.45, 7) is 0.176. The molecular weight excluding hydrogens is 370 g/mol. The quantitative estimate of drug-likeness (QED) is 0.864. The van der Waals surface area contributed by atoms with Gasteiger partial charge in [-0.25, -0.2) is 4.79 Å². The molecule has 27 heavy (non-hydrogen) atoms. The second kappa shape index (κ2) is 5.99. The topological polar surface area (TPSA) is 80.2 Å². The van der Waals surface area contributed by atoms with Gasteiger partial charge in [-0.2, -0.15) is 4.99 Å². The van der Waals surface area contributed by atoms with Gasteiger partial charge in [0.2, 0.25) is 12.7 Å². The fraction of sp³-hybridized carbons (Fsp3) is 0.211. The highest BCUT2D eigenvalue weighted by molar-refractivity contribution is 6.30. The van der Waals surface area contributed by atoms with E-state index in [-0.39, 0.29) is 25.0 Å². The second-order valence-corrected chi connectivity index (χ2v) is 6.98. The average molecular weight is 384 g/mol. The SMILES string of the molecule is O=C1C[C@@H](c2ccc3c(c2)OCO3)[C@H]2C(=NC(=O)N2c2ccc(Cl)cc2)N1. The van der Waals surface area contributed by atoms with Crippen molar-refractivity contribution in [3.63, 3.8) is 0 Å². The van der Waals surface area contributed by atoms with E-state index in [0.29, 0.717) is 28.0 Å². The normalized spacial score (nSPS) is 23.1. The van der Waals surface area contributed by atoms with Gasteiger partial charge in [-0.1, -0.05) is 17.7 Å². The number of halogens is 1. The number of urea groups is 1. The van der Waals surface area contributed by atoms with Crippen LogP contribution >= 0.6 is 11.6 Å². The lowest BCUT2D eigenvalue weighted by Gasteiger charge is -2.35. The lowest BCUT2D eigenvalue weighted by atomic mass is 9.84. The molecule has 3 aliphatic heterocycles. The molecule has 136 valence electrons. The summed E-state index contributed by atoms with van der Waals surface area (Å²) in [7, 11) is 0. The Balaban J connectivity index is 1.57. The van der Waals surface area contributed by atoms with Crippen LogP contribution in [0, 0.1) is 0 Å². The number of aliphatic imine (C=N–C) groups is 1. The van der Waals surface area contributed by atoms with Crippen molar-refractivity contribution in [2.45, 2.75) is 18.4 Å². The second-order valence-electron chi connectivity index (χ2n) is 6.54. The van der Waals surface area contributed by atoms with E-state index in [1.165, 1.54) is 0 Å². The van der Waals surface area contributed by atoms with Crippen LogP contribution < -0.4 is 19.7 Å². The van der Waals surface area contributed by atoms with E-state index in [1.54, 1.807) is 29.2 Å². The first kappa shape index (κ1) is 16.1. The van der Waals surface area contributed by atoms with Crippen molar-refractivity contribution in [3.05, 3.63) is 53.1 Å². The first-order chi connectivity index (χ1) is 13.1. The molecule has 0 aromatic heterocycles. The van der Waals surface area contributed by atoms with Gasteiger partial charge in [0.1, 0.15) is 11.9 Å². The largest absolute Gasteiger partial charge is 0.454 e. The number of fused-ring (bicyclic) bond motifs is 2. The third kappa shape index (κ3) is 2.62. The number of ether oxygens (including phenoxy) is 2. The van der Waals surface area contributed by atoms with Crippen LogP contribution in [0.4, 0.5) is 10.5 Å². The molecule has 2 aromatic carbocycles. The monoisotopic (exact) mass is 383 g/mol. The van der Waals surface area contributed by atoms with Crippen LogP contribution in [0.2, 0.25) is 5.02 Å². The van der Waals surface area contributed by atoms with Crippen LogP contribution in [-0.4, -0.2) is 30.6 Å². The molecule has 0 aliphatic carbocycles. The molecule has 2 aromatic rings. The van der Waals surface area contributed by atoms with E-state index < -0.39 is 12.1 Å². The van der Waals surface area contributed by atoms with E-state index in [1.807, 2.05) is 18.2 Å². The number of nitrogens with one attached hydrogen (secondary N) is 1. The highest BCUT2D eigenvalue weighted by atomic mass is 35.5. The van der Waals surface area contributed by atoms with Gasteiger partial charge in [0.05, 0.1) is 0 Å². The zero-order chi connectivity index (χ0) is 18.5. The predicted octanol–water partition coefficient (Wildman–Crippen LogP) is 3.08. The molecule has 0 radical (unpaired) electrons. The van der Waals surface area contributed by atoms with Crippen LogP contribution in [0.1, 0.15) is 17.9 Å². The van der Waals surface area contributed by atoms with Crippen LogP contribution in [0.3, 0.4) is 0 Å². The summed E-state index contributed by atoms with van der Waals surface area (Å²) < 4.78 is 10.8. The number of amides is 3. The van der Waals surface area contributed by atoms with Gasteiger partial charge in [0, 0.05) is 23.0 Å². The first-order valence-corrected chi connectivity index (χ1v) is 8.85. The zero-order valence-corrected chi connectivity index (χ0v) is 14.8. The zero-order valence-electron chi connectivity index (χ0n) is 14.0. The van der Waals surface area contributed by atoms with Crippen LogP contribution in [0.15, 0.2) is 47.5 Å². The number of amidine groups is 1. The van der Waals surface area contributed by atoms with Gasteiger partial charge in [-0.05, 0) is 42.0 Å². The van der Waals surface area contributed by atoms with Gasteiger partial charge in [0.15, 0.2) is 11.5 Å². The molecule has 0 saturated carbocycles. The Morgan fingerprint density at radius 2 is 1.85 bits per heavy atom. The maximum atomic E-state index is 12.6. The Kier molecular flexibility index (Phi) is 3.58. The Morgan fingerprint density at radius 1 is 1.07 bits per heavy atom. The molecule has 8 heteroatoms. The number of nitrogens with zero attached hydrogens (tertiary/aromatic N) is 2. The summed E-state index contributed by atoms with van der Waals surface area (Å²) in [6, 6.07) is 11.8. The maximum absolute atomic E-state index is 12.6. The molecule has 1 fully saturated rings. The Bertz CT molecular complexity index is 989. The van der Waals surface area contributed by atoms with Crippen molar-refractivity contribution in [3.8, 4) is 11.5 Å². The Morgan fingerprint density at radius 3 is 2.67 bits per heavy atom. The minimum atomic E-state index is -0.412. The highest BCUT2D eigenvalue weighted by Crippen LogP contribution is 2.40. The van der Waals surface area contributed by atoms with E-state index in [0.717, 1.165) is 5.56 Å². The van der Waals surface area contributed by atoms with Crippen molar-refractivity contribution < 1.29 is 19.1 Å². The first-order valence-electron chi connectivity index (χ1n) is 8.47. The summed E-state index contributed by atoms with van der Waals surface area (Å²) in [6.07, 6.45) is 0.237. The molecule has 0 bridgehead atoms. The third-order valence-electron chi connectivity index (χ3n) is 4.96. The number of hydrogen-bond donors (Lipinski definition) is 1. The molecule has 1 saturated heterocycles. The molecule has 1 N–H and O–H groups in total. The molecule has 5 rings (SSSR count). The molecule has 3 aliphatic rings. The van der Waals surface area contributed by atoms with Crippen LogP contribution in [0.5, 0.6) is 11.5 Å². The highest BCUT2D eigenvalue weighted by Gasteiger charge is 2.46.